The van der Waals surface area contributed by atoms with Gasteiger partial charge in [-0.1, -0.05) is 0 Å². The molecule has 0 saturated carbocycles. The molecule has 0 saturated heterocycles. The minimum atomic E-state index is -4.62. The Balaban J connectivity index is 2.76. The average Bonchev–Trinajstić information content (AvgIpc) is 2.22. The van der Waals surface area contributed by atoms with Gasteiger partial charge in [-0.15, -0.1) is 0 Å². The molecule has 3 nitrogen and oxygen atoms in total. The van der Waals surface area contributed by atoms with E-state index < -0.39 is 33.4 Å². The van der Waals surface area contributed by atoms with Gasteiger partial charge in [-0.2, -0.15) is 13.2 Å². The molecule has 0 aliphatic heterocycles. The summed E-state index contributed by atoms with van der Waals surface area (Å²) in [7, 11) is -3.18. The van der Waals surface area contributed by atoms with Gasteiger partial charge in [0.15, 0.2) is 0 Å². The highest BCUT2D eigenvalue weighted by Crippen LogP contribution is 2.30. The number of hydrogen-bond donors (Lipinski definition) is 1. The fraction of sp³-hybridized carbons (Fsp3) is 0.500. The van der Waals surface area contributed by atoms with E-state index in [1.165, 1.54) is 0 Å². The minimum absolute atomic E-state index is 0.0441. The number of alkyl halides is 3. The van der Waals surface area contributed by atoms with Crippen molar-refractivity contribution < 1.29 is 26.0 Å². The van der Waals surface area contributed by atoms with Gasteiger partial charge in [0, 0.05) is 18.8 Å². The third-order valence-corrected chi connectivity index (χ3v) is 3.60. The summed E-state index contributed by atoms with van der Waals surface area (Å²) in [6.07, 6.45) is -3.55. The second kappa shape index (κ2) is 6.09. The third kappa shape index (κ3) is 5.87. The number of hydrogen-bond acceptors (Lipinski definition) is 3. The van der Waals surface area contributed by atoms with Gasteiger partial charge < -0.3 is 5.32 Å². The van der Waals surface area contributed by atoms with Gasteiger partial charge in [-0.05, 0) is 30.7 Å². The smallest absolute Gasteiger partial charge is 0.309 e. The van der Waals surface area contributed by atoms with Gasteiger partial charge >= 0.3 is 6.18 Å². The second-order valence-electron chi connectivity index (χ2n) is 4.72. The predicted molar refractivity (Wildman–Crippen MR) is 67.4 cm³/mol. The van der Waals surface area contributed by atoms with E-state index in [0.29, 0.717) is 6.07 Å². The Hall–Kier alpha value is -1.15. The van der Waals surface area contributed by atoms with Gasteiger partial charge in [0.05, 0.1) is 11.3 Å². The Kier molecular flexibility index (Phi) is 5.15. The first-order chi connectivity index (χ1) is 8.97. The molecule has 0 heterocycles. The molecule has 0 fully saturated rings. The van der Waals surface area contributed by atoms with E-state index in [4.69, 9.17) is 0 Å². The van der Waals surface area contributed by atoms with Gasteiger partial charge in [0.1, 0.15) is 15.7 Å². The van der Waals surface area contributed by atoms with E-state index in [1.54, 1.807) is 6.92 Å². The minimum Gasteiger partial charge on any atom is -0.309 e. The molecule has 1 aromatic carbocycles. The van der Waals surface area contributed by atoms with E-state index in [-0.39, 0.29) is 17.9 Å². The van der Waals surface area contributed by atoms with Crippen LogP contribution in [0.2, 0.25) is 0 Å². The fourth-order valence-electron chi connectivity index (χ4n) is 1.72. The van der Waals surface area contributed by atoms with Crippen molar-refractivity contribution >= 4 is 9.84 Å². The highest BCUT2D eigenvalue weighted by molar-refractivity contribution is 7.90. The summed E-state index contributed by atoms with van der Waals surface area (Å²) in [5, 5.41) is 2.75. The first-order valence-corrected chi connectivity index (χ1v) is 7.81. The van der Waals surface area contributed by atoms with Crippen molar-refractivity contribution in [3.63, 3.8) is 0 Å². The molecule has 0 aliphatic rings. The molecule has 0 amide bonds. The zero-order chi connectivity index (χ0) is 15.6. The first-order valence-electron chi connectivity index (χ1n) is 5.75. The maximum atomic E-state index is 13.1. The van der Waals surface area contributed by atoms with Crippen LogP contribution in [-0.4, -0.2) is 26.5 Å². The lowest BCUT2D eigenvalue weighted by Crippen LogP contribution is -2.32. The zero-order valence-corrected chi connectivity index (χ0v) is 11.8. The van der Waals surface area contributed by atoms with Crippen LogP contribution in [0.5, 0.6) is 0 Å². The number of halogens is 4. The summed E-state index contributed by atoms with van der Waals surface area (Å²) in [6.45, 7) is 1.54. The molecule has 1 rings (SSSR count). The molecular formula is C12H15F4NO2S. The lowest BCUT2D eigenvalue weighted by molar-refractivity contribution is -0.137. The monoisotopic (exact) mass is 313 g/mol. The van der Waals surface area contributed by atoms with Crippen LogP contribution in [0.4, 0.5) is 17.6 Å². The summed E-state index contributed by atoms with van der Waals surface area (Å²) in [4.78, 5) is 0. The van der Waals surface area contributed by atoms with Crippen LogP contribution in [0.3, 0.4) is 0 Å². The summed E-state index contributed by atoms with van der Waals surface area (Å²) < 4.78 is 72.7. The SMILES string of the molecule is CC(CS(C)(=O)=O)NCc1cc(F)cc(C(F)(F)F)c1. The molecule has 0 aromatic heterocycles. The summed E-state index contributed by atoms with van der Waals surface area (Å²) in [5.41, 5.74) is -0.956. The molecule has 1 unspecified atom stereocenters. The number of benzene rings is 1. The topological polar surface area (TPSA) is 46.2 Å². The Bertz CT molecular complexity index is 569. The second-order valence-corrected chi connectivity index (χ2v) is 6.91. The normalized spacial score (nSPS) is 14.3. The Morgan fingerprint density at radius 2 is 1.85 bits per heavy atom. The maximum absolute atomic E-state index is 13.1. The van der Waals surface area contributed by atoms with E-state index in [0.717, 1.165) is 18.4 Å². The van der Waals surface area contributed by atoms with Crippen molar-refractivity contribution in [2.45, 2.75) is 25.7 Å². The molecule has 1 atom stereocenters. The Morgan fingerprint density at radius 3 is 2.35 bits per heavy atom. The van der Waals surface area contributed by atoms with E-state index in [2.05, 4.69) is 5.32 Å². The molecule has 8 heteroatoms. The predicted octanol–water partition coefficient (Wildman–Crippen LogP) is 2.37. The van der Waals surface area contributed by atoms with Crippen molar-refractivity contribution in [3.05, 3.63) is 35.1 Å². The first kappa shape index (κ1) is 16.9. The van der Waals surface area contributed by atoms with Crippen LogP contribution in [0.1, 0.15) is 18.1 Å². The van der Waals surface area contributed by atoms with Gasteiger partial charge in [0.25, 0.3) is 0 Å². The molecule has 0 radical (unpaired) electrons. The maximum Gasteiger partial charge on any atom is 0.416 e. The van der Waals surface area contributed by atoms with Crippen LogP contribution in [-0.2, 0) is 22.6 Å². The van der Waals surface area contributed by atoms with Crippen molar-refractivity contribution in [1.29, 1.82) is 0 Å². The lowest BCUT2D eigenvalue weighted by Gasteiger charge is -2.14. The molecule has 0 bridgehead atoms. The molecule has 20 heavy (non-hydrogen) atoms. The molecule has 1 aromatic rings. The molecule has 114 valence electrons. The summed E-state index contributed by atoms with van der Waals surface area (Å²) in [5.74, 6) is -1.12. The van der Waals surface area contributed by atoms with Crippen LogP contribution >= 0.6 is 0 Å². The van der Waals surface area contributed by atoms with Crippen molar-refractivity contribution in [1.82, 2.24) is 5.32 Å². The van der Waals surface area contributed by atoms with Crippen LogP contribution in [0.15, 0.2) is 18.2 Å². The van der Waals surface area contributed by atoms with Crippen LogP contribution in [0, 0.1) is 5.82 Å². The Morgan fingerprint density at radius 1 is 1.25 bits per heavy atom. The third-order valence-electron chi connectivity index (χ3n) is 2.49. The van der Waals surface area contributed by atoms with Crippen LogP contribution in [0.25, 0.3) is 0 Å². The number of sulfone groups is 1. The summed E-state index contributed by atoms with van der Waals surface area (Å²) >= 11 is 0. The standard InChI is InChI=1S/C12H15F4NO2S/c1-8(7-20(2,18)19)17-6-9-3-10(12(14,15)16)5-11(13)4-9/h3-5,8,17H,6-7H2,1-2H3. The molecule has 0 spiro atoms. The quantitative estimate of drug-likeness (QED) is 0.849. The number of nitrogens with one attached hydrogen (secondary N) is 1. The van der Waals surface area contributed by atoms with Crippen molar-refractivity contribution in [3.8, 4) is 0 Å². The molecular weight excluding hydrogens is 298 g/mol. The van der Waals surface area contributed by atoms with Gasteiger partial charge in [-0.25, -0.2) is 12.8 Å². The Labute approximate surface area is 114 Å². The van der Waals surface area contributed by atoms with Crippen molar-refractivity contribution in [2.75, 3.05) is 12.0 Å². The highest BCUT2D eigenvalue weighted by Gasteiger charge is 2.31. The van der Waals surface area contributed by atoms with Gasteiger partial charge in [-0.3, -0.25) is 0 Å². The lowest BCUT2D eigenvalue weighted by atomic mass is 10.1. The van der Waals surface area contributed by atoms with Crippen molar-refractivity contribution in [2.24, 2.45) is 0 Å². The fourth-order valence-corrected chi connectivity index (χ4v) is 2.75. The zero-order valence-electron chi connectivity index (χ0n) is 11.0. The van der Waals surface area contributed by atoms with Gasteiger partial charge in [0.2, 0.25) is 0 Å². The van der Waals surface area contributed by atoms with E-state index in [1.807, 2.05) is 0 Å². The molecule has 0 aliphatic carbocycles. The largest absolute Gasteiger partial charge is 0.416 e. The van der Waals surface area contributed by atoms with E-state index in [9.17, 15) is 26.0 Å². The van der Waals surface area contributed by atoms with Crippen LogP contribution < -0.4 is 5.32 Å². The number of rotatable bonds is 5. The highest BCUT2D eigenvalue weighted by atomic mass is 32.2. The summed E-state index contributed by atoms with van der Waals surface area (Å²) in [6, 6.07) is 1.80. The average molecular weight is 313 g/mol. The van der Waals surface area contributed by atoms with E-state index >= 15 is 0 Å². The molecule has 1 N–H and O–H groups in total.